The number of nitrogens with zero attached hydrogens (tertiary/aromatic N) is 1. The summed E-state index contributed by atoms with van der Waals surface area (Å²) in [7, 11) is 0. The summed E-state index contributed by atoms with van der Waals surface area (Å²) in [6, 6.07) is 7.62. The summed E-state index contributed by atoms with van der Waals surface area (Å²) >= 11 is 5.79. The molecule has 5 heteroatoms. The third-order valence-electron chi connectivity index (χ3n) is 6.26. The fourth-order valence-electron chi connectivity index (χ4n) is 4.50. The van der Waals surface area contributed by atoms with Gasteiger partial charge in [-0.25, -0.2) is 0 Å². The minimum atomic E-state index is 0.275. The van der Waals surface area contributed by atoms with Crippen molar-refractivity contribution in [3.8, 4) is 0 Å². The van der Waals surface area contributed by atoms with Crippen molar-refractivity contribution in [3.05, 3.63) is 29.3 Å². The van der Waals surface area contributed by atoms with Crippen LogP contribution in [-0.2, 0) is 4.79 Å². The highest BCUT2D eigenvalue weighted by molar-refractivity contribution is 7.80. The molecule has 2 atom stereocenters. The number of aryl methyl sites for hydroxylation is 2. The maximum Gasteiger partial charge on any atom is 0.223 e. The molecule has 2 bridgehead atoms. The van der Waals surface area contributed by atoms with Gasteiger partial charge in [0.25, 0.3) is 0 Å². The lowest BCUT2D eigenvalue weighted by molar-refractivity contribution is -0.123. The van der Waals surface area contributed by atoms with Crippen LogP contribution in [0.1, 0.15) is 56.1 Å². The normalized spacial score (nSPS) is 27.8. The Kier molecular flexibility index (Phi) is 4.91. The molecule has 0 spiro atoms. The predicted octanol–water partition coefficient (Wildman–Crippen LogP) is 3.91. The van der Waals surface area contributed by atoms with Crippen molar-refractivity contribution in [1.82, 2.24) is 10.2 Å². The van der Waals surface area contributed by atoms with Crippen LogP contribution in [0.3, 0.4) is 0 Å². The average molecular weight is 372 g/mol. The SMILES string of the molecule is Cc1ccc(NC(=S)N2[C@@H]3CCC[C@@H]2CC(NC(=O)C2CC2)C3)cc1C. The largest absolute Gasteiger partial charge is 0.353 e. The van der Waals surface area contributed by atoms with E-state index in [0.717, 1.165) is 36.5 Å². The van der Waals surface area contributed by atoms with E-state index in [9.17, 15) is 4.79 Å². The molecule has 140 valence electrons. The zero-order valence-corrected chi connectivity index (χ0v) is 16.6. The smallest absolute Gasteiger partial charge is 0.223 e. The molecule has 1 saturated carbocycles. The van der Waals surface area contributed by atoms with Gasteiger partial charge in [-0.05, 0) is 94.3 Å². The first kappa shape index (κ1) is 17.8. The molecule has 2 heterocycles. The van der Waals surface area contributed by atoms with Crippen molar-refractivity contribution in [3.63, 3.8) is 0 Å². The molecule has 4 nitrogen and oxygen atoms in total. The van der Waals surface area contributed by atoms with Gasteiger partial charge in [0, 0.05) is 29.7 Å². The van der Waals surface area contributed by atoms with Crippen LogP contribution < -0.4 is 10.6 Å². The zero-order chi connectivity index (χ0) is 18.3. The molecule has 2 N–H and O–H groups in total. The van der Waals surface area contributed by atoms with Crippen molar-refractivity contribution in [2.24, 2.45) is 5.92 Å². The van der Waals surface area contributed by atoms with Gasteiger partial charge in [-0.15, -0.1) is 0 Å². The van der Waals surface area contributed by atoms with Gasteiger partial charge in [0.15, 0.2) is 5.11 Å². The maximum absolute atomic E-state index is 12.1. The van der Waals surface area contributed by atoms with E-state index in [1.165, 1.54) is 30.4 Å². The fourth-order valence-corrected chi connectivity index (χ4v) is 4.92. The van der Waals surface area contributed by atoms with Crippen LogP contribution in [0.2, 0.25) is 0 Å². The number of amides is 1. The standard InChI is InChI=1S/C21H29N3OS/c1-13-6-9-16(10-14(13)2)23-21(26)24-18-4-3-5-19(24)12-17(11-18)22-20(25)15-7-8-15/h6,9-10,15,17-19H,3-5,7-8,11-12H2,1-2H3,(H,22,25)(H,23,26)/t18-,19-/m1/s1. The molecule has 1 aromatic carbocycles. The number of hydrogen-bond acceptors (Lipinski definition) is 2. The van der Waals surface area contributed by atoms with Gasteiger partial charge in [-0.3, -0.25) is 4.79 Å². The van der Waals surface area contributed by atoms with Gasteiger partial charge in [0.1, 0.15) is 0 Å². The number of hydrogen-bond donors (Lipinski definition) is 2. The Morgan fingerprint density at radius 2 is 1.77 bits per heavy atom. The molecule has 3 aliphatic rings. The van der Waals surface area contributed by atoms with Crippen LogP contribution in [0.25, 0.3) is 0 Å². The third kappa shape index (κ3) is 3.73. The Bertz CT molecular complexity index is 701. The molecule has 1 amide bonds. The Balaban J connectivity index is 1.42. The van der Waals surface area contributed by atoms with Crippen molar-refractivity contribution in [1.29, 1.82) is 0 Å². The first-order valence-electron chi connectivity index (χ1n) is 9.98. The minimum Gasteiger partial charge on any atom is -0.353 e. The Morgan fingerprint density at radius 1 is 1.08 bits per heavy atom. The molecular formula is C21H29N3OS. The second-order valence-electron chi connectivity index (χ2n) is 8.33. The van der Waals surface area contributed by atoms with E-state index in [2.05, 4.69) is 47.6 Å². The number of nitrogens with one attached hydrogen (secondary N) is 2. The number of thiocarbonyl (C=S) groups is 1. The summed E-state index contributed by atoms with van der Waals surface area (Å²) in [4.78, 5) is 14.6. The lowest BCUT2D eigenvalue weighted by Gasteiger charge is -2.50. The summed E-state index contributed by atoms with van der Waals surface area (Å²) in [5, 5.41) is 7.61. The summed E-state index contributed by atoms with van der Waals surface area (Å²) < 4.78 is 0. The predicted molar refractivity (Wildman–Crippen MR) is 109 cm³/mol. The third-order valence-corrected chi connectivity index (χ3v) is 6.57. The van der Waals surface area contributed by atoms with Crippen molar-refractivity contribution >= 4 is 28.9 Å². The molecule has 0 unspecified atom stereocenters. The van der Waals surface area contributed by atoms with Crippen LogP contribution in [0.5, 0.6) is 0 Å². The molecule has 1 aliphatic carbocycles. The summed E-state index contributed by atoms with van der Waals surface area (Å²) in [5.74, 6) is 0.567. The topological polar surface area (TPSA) is 44.4 Å². The highest BCUT2D eigenvalue weighted by Crippen LogP contribution is 2.36. The van der Waals surface area contributed by atoms with Gasteiger partial charge < -0.3 is 15.5 Å². The highest BCUT2D eigenvalue weighted by atomic mass is 32.1. The quantitative estimate of drug-likeness (QED) is 0.791. The van der Waals surface area contributed by atoms with Crippen molar-refractivity contribution in [2.45, 2.75) is 76.9 Å². The monoisotopic (exact) mass is 371 g/mol. The number of benzene rings is 1. The number of carbonyl (C=O) groups is 1. The minimum absolute atomic E-state index is 0.275. The number of rotatable bonds is 3. The second kappa shape index (κ2) is 7.18. The van der Waals surface area contributed by atoms with E-state index in [4.69, 9.17) is 12.2 Å². The second-order valence-corrected chi connectivity index (χ2v) is 8.71. The molecule has 1 aromatic rings. The Labute approximate surface area is 161 Å². The van der Waals surface area contributed by atoms with Gasteiger partial charge in [0.2, 0.25) is 5.91 Å². The van der Waals surface area contributed by atoms with E-state index >= 15 is 0 Å². The van der Waals surface area contributed by atoms with Gasteiger partial charge in [-0.2, -0.15) is 0 Å². The highest BCUT2D eigenvalue weighted by Gasteiger charge is 2.41. The zero-order valence-electron chi connectivity index (χ0n) is 15.8. The first-order chi connectivity index (χ1) is 12.5. The molecule has 2 aliphatic heterocycles. The lowest BCUT2D eigenvalue weighted by Crippen LogP contribution is -2.59. The van der Waals surface area contributed by atoms with Crippen molar-refractivity contribution < 1.29 is 4.79 Å². The Morgan fingerprint density at radius 3 is 2.38 bits per heavy atom. The molecule has 26 heavy (non-hydrogen) atoms. The van der Waals surface area contributed by atoms with Gasteiger partial charge in [-0.1, -0.05) is 6.07 Å². The maximum atomic E-state index is 12.1. The number of piperidine rings is 2. The summed E-state index contributed by atoms with van der Waals surface area (Å²) in [6.45, 7) is 4.26. The van der Waals surface area contributed by atoms with Crippen molar-refractivity contribution in [2.75, 3.05) is 5.32 Å². The average Bonchev–Trinajstić information content (AvgIpc) is 3.42. The van der Waals surface area contributed by atoms with E-state index in [0.29, 0.717) is 24.0 Å². The van der Waals surface area contributed by atoms with E-state index in [1.807, 2.05) is 0 Å². The number of fused-ring (bicyclic) bond motifs is 2. The van der Waals surface area contributed by atoms with Gasteiger partial charge >= 0.3 is 0 Å². The van der Waals surface area contributed by atoms with Crippen LogP contribution in [0, 0.1) is 19.8 Å². The molecular weight excluding hydrogens is 342 g/mol. The summed E-state index contributed by atoms with van der Waals surface area (Å²) in [6.07, 6.45) is 7.78. The van der Waals surface area contributed by atoms with Crippen LogP contribution >= 0.6 is 12.2 Å². The lowest BCUT2D eigenvalue weighted by atomic mass is 9.82. The number of carbonyl (C=O) groups excluding carboxylic acids is 1. The fraction of sp³-hybridized carbons (Fsp3) is 0.619. The summed E-state index contributed by atoms with van der Waals surface area (Å²) in [5.41, 5.74) is 3.64. The van der Waals surface area contributed by atoms with E-state index < -0.39 is 0 Å². The van der Waals surface area contributed by atoms with E-state index in [1.54, 1.807) is 0 Å². The van der Waals surface area contributed by atoms with Gasteiger partial charge in [0.05, 0.1) is 0 Å². The molecule has 0 radical (unpaired) electrons. The molecule has 3 fully saturated rings. The molecule has 4 rings (SSSR count). The molecule has 0 aromatic heterocycles. The number of anilines is 1. The first-order valence-corrected chi connectivity index (χ1v) is 10.4. The Hall–Kier alpha value is -1.62. The van der Waals surface area contributed by atoms with Crippen LogP contribution in [-0.4, -0.2) is 34.0 Å². The molecule has 2 saturated heterocycles. The van der Waals surface area contributed by atoms with E-state index in [-0.39, 0.29) is 5.91 Å². The van der Waals surface area contributed by atoms with Crippen LogP contribution in [0.15, 0.2) is 18.2 Å². The van der Waals surface area contributed by atoms with Crippen LogP contribution in [0.4, 0.5) is 5.69 Å².